The molecule has 1 aromatic rings. The minimum Gasteiger partial charge on any atom is -0.311 e. The van der Waals surface area contributed by atoms with E-state index in [1.165, 1.54) is 44.7 Å². The molecule has 3 nitrogen and oxygen atoms in total. The van der Waals surface area contributed by atoms with Gasteiger partial charge in [0.05, 0.1) is 0 Å². The molecular formula is C18H31N3. The first kappa shape index (κ1) is 16.5. The second kappa shape index (κ2) is 7.92. The van der Waals surface area contributed by atoms with Gasteiger partial charge in [-0.25, -0.2) is 0 Å². The van der Waals surface area contributed by atoms with Crippen molar-refractivity contribution in [3.63, 3.8) is 0 Å². The molecule has 21 heavy (non-hydrogen) atoms. The molecule has 1 aromatic carbocycles. The van der Waals surface area contributed by atoms with E-state index in [1.54, 1.807) is 0 Å². The molecule has 0 spiro atoms. The Morgan fingerprint density at radius 2 is 1.71 bits per heavy atom. The molecule has 0 unspecified atom stereocenters. The van der Waals surface area contributed by atoms with Crippen LogP contribution in [0.2, 0.25) is 0 Å². The summed E-state index contributed by atoms with van der Waals surface area (Å²) in [6.07, 6.45) is 2.33. The van der Waals surface area contributed by atoms with Crippen molar-refractivity contribution in [3.05, 3.63) is 35.9 Å². The van der Waals surface area contributed by atoms with Crippen LogP contribution in [-0.4, -0.2) is 61.7 Å². The predicted octanol–water partition coefficient (Wildman–Crippen LogP) is 2.23. The summed E-state index contributed by atoms with van der Waals surface area (Å²) in [4.78, 5) is 4.98. The van der Waals surface area contributed by atoms with E-state index in [4.69, 9.17) is 0 Å². The van der Waals surface area contributed by atoms with Gasteiger partial charge in [-0.2, -0.15) is 0 Å². The molecule has 3 heteroatoms. The Hall–Kier alpha value is -0.900. The molecule has 0 aromatic heterocycles. The van der Waals surface area contributed by atoms with Gasteiger partial charge in [-0.1, -0.05) is 30.3 Å². The van der Waals surface area contributed by atoms with E-state index in [1.807, 2.05) is 0 Å². The Kier molecular flexibility index (Phi) is 6.22. The van der Waals surface area contributed by atoms with Gasteiger partial charge in [0.15, 0.2) is 0 Å². The molecule has 0 aliphatic carbocycles. The minimum absolute atomic E-state index is 0.211. The summed E-state index contributed by atoms with van der Waals surface area (Å²) < 4.78 is 0. The fraction of sp³-hybridized carbons (Fsp3) is 0.667. The van der Waals surface area contributed by atoms with Gasteiger partial charge in [0, 0.05) is 44.8 Å². The van der Waals surface area contributed by atoms with Crippen molar-refractivity contribution in [1.29, 1.82) is 0 Å². The number of hydrogen-bond donors (Lipinski definition) is 1. The summed E-state index contributed by atoms with van der Waals surface area (Å²) in [6, 6.07) is 10.8. The maximum absolute atomic E-state index is 3.73. The highest BCUT2D eigenvalue weighted by Crippen LogP contribution is 2.13. The highest BCUT2D eigenvalue weighted by atomic mass is 15.2. The number of likely N-dealkylation sites (N-methyl/N-ethyl adjacent to an activating group) is 1. The first-order valence-corrected chi connectivity index (χ1v) is 8.25. The highest BCUT2D eigenvalue weighted by Gasteiger charge is 2.18. The van der Waals surface area contributed by atoms with E-state index < -0.39 is 0 Å². The van der Waals surface area contributed by atoms with Gasteiger partial charge in [0.2, 0.25) is 0 Å². The Bertz CT molecular complexity index is 394. The van der Waals surface area contributed by atoms with Crippen LogP contribution in [-0.2, 0) is 6.42 Å². The number of piperazine rings is 1. The minimum atomic E-state index is 0.211. The van der Waals surface area contributed by atoms with Crippen LogP contribution >= 0.6 is 0 Å². The lowest BCUT2D eigenvalue weighted by Gasteiger charge is -2.34. The Labute approximate surface area is 130 Å². The number of nitrogens with zero attached hydrogens (tertiary/aromatic N) is 2. The van der Waals surface area contributed by atoms with Crippen LogP contribution in [0, 0.1) is 0 Å². The zero-order chi connectivity index (χ0) is 15.1. The molecule has 0 atom stereocenters. The van der Waals surface area contributed by atoms with Gasteiger partial charge in [-0.15, -0.1) is 0 Å². The summed E-state index contributed by atoms with van der Waals surface area (Å²) in [5, 5.41) is 3.73. The quantitative estimate of drug-likeness (QED) is 0.830. The molecule has 1 aliphatic heterocycles. The van der Waals surface area contributed by atoms with Crippen LogP contribution in [0.4, 0.5) is 0 Å². The molecule has 0 bridgehead atoms. The Morgan fingerprint density at radius 1 is 1.05 bits per heavy atom. The summed E-state index contributed by atoms with van der Waals surface area (Å²) in [5.74, 6) is 0. The highest BCUT2D eigenvalue weighted by molar-refractivity contribution is 5.15. The zero-order valence-corrected chi connectivity index (χ0v) is 13.9. The van der Waals surface area contributed by atoms with Crippen molar-refractivity contribution in [1.82, 2.24) is 15.1 Å². The topological polar surface area (TPSA) is 18.5 Å². The largest absolute Gasteiger partial charge is 0.311 e. The number of benzene rings is 1. The maximum Gasteiger partial charge on any atom is 0.0128 e. The van der Waals surface area contributed by atoms with Crippen molar-refractivity contribution in [2.24, 2.45) is 0 Å². The van der Waals surface area contributed by atoms with Gasteiger partial charge in [0.25, 0.3) is 0 Å². The second-order valence-electron chi connectivity index (χ2n) is 6.94. The third kappa shape index (κ3) is 6.16. The van der Waals surface area contributed by atoms with Crippen molar-refractivity contribution in [2.75, 3.05) is 46.3 Å². The second-order valence-corrected chi connectivity index (χ2v) is 6.94. The van der Waals surface area contributed by atoms with Gasteiger partial charge in [-0.05, 0) is 39.3 Å². The van der Waals surface area contributed by atoms with Crippen molar-refractivity contribution in [2.45, 2.75) is 32.2 Å². The number of nitrogens with one attached hydrogen (secondary N) is 1. The van der Waals surface area contributed by atoms with Crippen LogP contribution in [0.5, 0.6) is 0 Å². The SMILES string of the molecule is CN1CCN(CCNC(C)(C)CCc2ccccc2)CC1. The first-order chi connectivity index (χ1) is 10.1. The number of rotatable bonds is 7. The fourth-order valence-corrected chi connectivity index (χ4v) is 2.81. The van der Waals surface area contributed by atoms with Crippen LogP contribution in [0.3, 0.4) is 0 Å². The molecule has 118 valence electrons. The zero-order valence-electron chi connectivity index (χ0n) is 13.9. The molecule has 1 saturated heterocycles. The summed E-state index contributed by atoms with van der Waals surface area (Å²) in [6.45, 7) is 11.7. The van der Waals surface area contributed by atoms with E-state index in [-0.39, 0.29) is 5.54 Å². The third-order valence-corrected chi connectivity index (χ3v) is 4.51. The lowest BCUT2D eigenvalue weighted by atomic mass is 9.95. The first-order valence-electron chi connectivity index (χ1n) is 8.25. The fourth-order valence-electron chi connectivity index (χ4n) is 2.81. The lowest BCUT2D eigenvalue weighted by Crippen LogP contribution is -2.49. The molecule has 0 radical (unpaired) electrons. The van der Waals surface area contributed by atoms with Crippen LogP contribution < -0.4 is 5.32 Å². The van der Waals surface area contributed by atoms with Crippen LogP contribution in [0.25, 0.3) is 0 Å². The normalized spacial score (nSPS) is 18.0. The summed E-state index contributed by atoms with van der Waals surface area (Å²) in [7, 11) is 2.21. The Morgan fingerprint density at radius 3 is 2.38 bits per heavy atom. The van der Waals surface area contributed by atoms with Gasteiger partial charge >= 0.3 is 0 Å². The van der Waals surface area contributed by atoms with E-state index in [0.29, 0.717) is 0 Å². The number of aryl methyl sites for hydroxylation is 1. The smallest absolute Gasteiger partial charge is 0.0128 e. The molecule has 1 heterocycles. The average Bonchev–Trinajstić information content (AvgIpc) is 2.48. The van der Waals surface area contributed by atoms with Crippen LogP contribution in [0.15, 0.2) is 30.3 Å². The summed E-state index contributed by atoms with van der Waals surface area (Å²) >= 11 is 0. The van der Waals surface area contributed by atoms with Crippen molar-refractivity contribution in [3.8, 4) is 0 Å². The van der Waals surface area contributed by atoms with E-state index >= 15 is 0 Å². The molecule has 0 saturated carbocycles. The van der Waals surface area contributed by atoms with E-state index in [9.17, 15) is 0 Å². The molecule has 2 rings (SSSR count). The average molecular weight is 289 g/mol. The standard InChI is InChI=1S/C18H31N3/c1-18(2,10-9-17-7-5-4-6-8-17)19-11-12-21-15-13-20(3)14-16-21/h4-8,19H,9-16H2,1-3H3. The number of hydrogen-bond acceptors (Lipinski definition) is 3. The maximum atomic E-state index is 3.73. The molecule has 1 aliphatic rings. The van der Waals surface area contributed by atoms with E-state index in [2.05, 4.69) is 66.3 Å². The third-order valence-electron chi connectivity index (χ3n) is 4.51. The lowest BCUT2D eigenvalue weighted by molar-refractivity contribution is 0.151. The Balaban J connectivity index is 1.64. The van der Waals surface area contributed by atoms with Crippen LogP contribution in [0.1, 0.15) is 25.8 Å². The van der Waals surface area contributed by atoms with Crippen molar-refractivity contribution < 1.29 is 0 Å². The summed E-state index contributed by atoms with van der Waals surface area (Å²) in [5.41, 5.74) is 1.65. The molecule has 1 N–H and O–H groups in total. The van der Waals surface area contributed by atoms with Gasteiger partial charge < -0.3 is 10.2 Å². The van der Waals surface area contributed by atoms with Gasteiger partial charge in [-0.3, -0.25) is 4.90 Å². The molecule has 0 amide bonds. The molecular weight excluding hydrogens is 258 g/mol. The van der Waals surface area contributed by atoms with Crippen molar-refractivity contribution >= 4 is 0 Å². The monoisotopic (exact) mass is 289 g/mol. The predicted molar refractivity (Wildman–Crippen MR) is 90.8 cm³/mol. The molecule has 1 fully saturated rings. The van der Waals surface area contributed by atoms with Gasteiger partial charge in [0.1, 0.15) is 0 Å². The van der Waals surface area contributed by atoms with E-state index in [0.717, 1.165) is 13.0 Å².